The molecule has 0 spiro atoms. The summed E-state index contributed by atoms with van der Waals surface area (Å²) in [6, 6.07) is 7.85. The molecule has 0 aromatic heterocycles. The Bertz CT molecular complexity index is 839. The fraction of sp³-hybridized carbons (Fsp3) is 0.704. The molecule has 0 aliphatic carbocycles. The molecule has 2 heterocycles. The largest absolute Gasteiger partial charge is 0.453 e. The zero-order chi connectivity index (χ0) is 26.5. The maximum Gasteiger partial charge on any atom is 0.406 e. The van der Waals surface area contributed by atoms with Gasteiger partial charge in [-0.1, -0.05) is 30.7 Å². The molecule has 208 valence electrons. The van der Waals surface area contributed by atoms with Gasteiger partial charge in [-0.05, 0) is 62.3 Å². The van der Waals surface area contributed by atoms with Crippen LogP contribution in [0.1, 0.15) is 50.7 Å². The fourth-order valence-corrected chi connectivity index (χ4v) is 5.48. The van der Waals surface area contributed by atoms with Crippen molar-refractivity contribution in [3.05, 3.63) is 34.9 Å². The first-order valence-electron chi connectivity index (χ1n) is 13.5. The van der Waals surface area contributed by atoms with Crippen LogP contribution in [-0.4, -0.2) is 82.7 Å². The number of hydrogen-bond acceptors (Lipinski definition) is 6. The highest BCUT2D eigenvalue weighted by molar-refractivity contribution is 6.30. The van der Waals surface area contributed by atoms with Gasteiger partial charge in [0.15, 0.2) is 0 Å². The lowest BCUT2D eigenvalue weighted by Crippen LogP contribution is -2.50. The molecule has 37 heavy (non-hydrogen) atoms. The quantitative estimate of drug-likeness (QED) is 0.348. The molecule has 3 rings (SSSR count). The average Bonchev–Trinajstić information content (AvgIpc) is 2.92. The van der Waals surface area contributed by atoms with Crippen molar-refractivity contribution in [3.8, 4) is 0 Å². The lowest BCUT2D eigenvalue weighted by atomic mass is 9.88. The van der Waals surface area contributed by atoms with E-state index in [9.17, 15) is 9.59 Å². The number of nitrogens with one attached hydrogen (secondary N) is 3. The van der Waals surface area contributed by atoms with Gasteiger partial charge in [0.25, 0.3) is 0 Å². The number of likely N-dealkylation sites (N-methyl/N-ethyl adjacent to an activating group) is 1. The third-order valence-electron chi connectivity index (χ3n) is 7.07. The van der Waals surface area contributed by atoms with Gasteiger partial charge in [0.1, 0.15) is 0 Å². The third kappa shape index (κ3) is 9.96. The number of benzene rings is 1. The number of urea groups is 1. The number of carbonyl (C=O) groups excluding carboxylic acids is 2. The zero-order valence-corrected chi connectivity index (χ0v) is 22.9. The van der Waals surface area contributed by atoms with Crippen molar-refractivity contribution in [1.29, 1.82) is 0 Å². The van der Waals surface area contributed by atoms with Crippen LogP contribution in [-0.2, 0) is 14.2 Å². The second-order valence-corrected chi connectivity index (χ2v) is 10.3. The number of likely N-dealkylation sites (tertiary alicyclic amines) is 1. The van der Waals surface area contributed by atoms with E-state index in [1.807, 2.05) is 29.2 Å². The first-order valence-corrected chi connectivity index (χ1v) is 13.9. The number of rotatable bonds is 12. The van der Waals surface area contributed by atoms with E-state index in [1.165, 1.54) is 13.5 Å². The number of ether oxygens (including phenoxy) is 3. The number of alkyl carbamates (subject to hydrolysis) is 1. The monoisotopic (exact) mass is 538 g/mol. The number of carbonyl (C=O) groups is 2. The minimum absolute atomic E-state index is 0.0373. The number of amides is 3. The van der Waals surface area contributed by atoms with E-state index in [1.54, 1.807) is 0 Å². The Morgan fingerprint density at radius 2 is 2.11 bits per heavy atom. The number of piperidine rings is 1. The Hall–Kier alpha value is -2.07. The van der Waals surface area contributed by atoms with Gasteiger partial charge in [0.05, 0.1) is 19.8 Å². The Morgan fingerprint density at radius 1 is 1.24 bits per heavy atom. The molecule has 2 saturated heterocycles. The van der Waals surface area contributed by atoms with Crippen LogP contribution in [0.4, 0.5) is 9.59 Å². The van der Waals surface area contributed by atoms with Gasteiger partial charge < -0.3 is 35.1 Å². The lowest BCUT2D eigenvalue weighted by molar-refractivity contribution is -0.00851. The van der Waals surface area contributed by atoms with Gasteiger partial charge in [-0.3, -0.25) is 0 Å². The van der Waals surface area contributed by atoms with Gasteiger partial charge in [0.2, 0.25) is 0 Å². The molecular formula is C27H43ClN4O5. The summed E-state index contributed by atoms with van der Waals surface area (Å²) in [6.07, 6.45) is 4.40. The van der Waals surface area contributed by atoms with Crippen molar-refractivity contribution >= 4 is 23.7 Å². The van der Waals surface area contributed by atoms with Gasteiger partial charge in [-0.2, -0.15) is 0 Å². The number of methoxy groups -OCH3 is 1. The topological polar surface area (TPSA) is 101 Å². The van der Waals surface area contributed by atoms with E-state index in [2.05, 4.69) is 27.6 Å². The van der Waals surface area contributed by atoms with Crippen molar-refractivity contribution in [2.24, 2.45) is 11.8 Å². The summed E-state index contributed by atoms with van der Waals surface area (Å²) in [6.45, 7) is 7.19. The molecular weight excluding hydrogens is 496 g/mol. The van der Waals surface area contributed by atoms with Crippen molar-refractivity contribution in [3.63, 3.8) is 0 Å². The molecule has 4 atom stereocenters. The van der Waals surface area contributed by atoms with Crippen molar-refractivity contribution < 1.29 is 23.8 Å². The van der Waals surface area contributed by atoms with E-state index < -0.39 is 6.09 Å². The van der Waals surface area contributed by atoms with E-state index in [0.717, 1.165) is 57.6 Å². The maximum atomic E-state index is 13.2. The van der Waals surface area contributed by atoms with Gasteiger partial charge in [-0.25, -0.2) is 9.59 Å². The van der Waals surface area contributed by atoms with Crippen LogP contribution in [0.5, 0.6) is 0 Å². The minimum atomic E-state index is -0.490. The zero-order valence-electron chi connectivity index (χ0n) is 22.2. The molecule has 0 radical (unpaired) electrons. The fourth-order valence-electron chi connectivity index (χ4n) is 5.29. The molecule has 0 saturated carbocycles. The van der Waals surface area contributed by atoms with Crippen molar-refractivity contribution in [1.82, 2.24) is 20.9 Å². The lowest BCUT2D eigenvalue weighted by Gasteiger charge is -2.37. The number of hydrogen-bond donors (Lipinski definition) is 3. The van der Waals surface area contributed by atoms with Crippen LogP contribution < -0.4 is 16.0 Å². The second-order valence-electron chi connectivity index (χ2n) is 9.87. The summed E-state index contributed by atoms with van der Waals surface area (Å²) in [5, 5.41) is 9.98. The van der Waals surface area contributed by atoms with Crippen LogP contribution in [0, 0.1) is 11.8 Å². The van der Waals surface area contributed by atoms with Crippen LogP contribution in [0.15, 0.2) is 24.3 Å². The van der Waals surface area contributed by atoms with E-state index >= 15 is 0 Å². The van der Waals surface area contributed by atoms with Crippen LogP contribution in [0.3, 0.4) is 0 Å². The normalized spacial score (nSPS) is 21.6. The molecule has 3 amide bonds. The summed E-state index contributed by atoms with van der Waals surface area (Å²) in [5.74, 6) is 0.651. The Kier molecular flexibility index (Phi) is 12.8. The summed E-state index contributed by atoms with van der Waals surface area (Å²) in [4.78, 5) is 26.4. The highest BCUT2D eigenvalue weighted by Crippen LogP contribution is 2.34. The second kappa shape index (κ2) is 16.0. The van der Waals surface area contributed by atoms with Crippen molar-refractivity contribution in [2.75, 3.05) is 59.7 Å². The number of halogens is 1. The molecule has 0 bridgehead atoms. The SMILES string of the molecule is CCN[C@H](CNC(=O)N1CCC[C@@H]([C@@H](OCCNC(=O)OC)c2cccc(Cl)c2)C1)C[C@H]1CCCOC1. The molecule has 1 aromatic carbocycles. The molecule has 9 nitrogen and oxygen atoms in total. The van der Waals surface area contributed by atoms with Gasteiger partial charge in [0, 0.05) is 56.4 Å². The predicted octanol–water partition coefficient (Wildman–Crippen LogP) is 3.97. The average molecular weight is 539 g/mol. The molecule has 10 heteroatoms. The summed E-state index contributed by atoms with van der Waals surface area (Å²) in [7, 11) is 1.33. The first kappa shape index (κ1) is 29.5. The highest BCUT2D eigenvalue weighted by atomic mass is 35.5. The predicted molar refractivity (Wildman–Crippen MR) is 144 cm³/mol. The number of nitrogens with zero attached hydrogens (tertiary/aromatic N) is 1. The maximum absolute atomic E-state index is 13.2. The van der Waals surface area contributed by atoms with Gasteiger partial charge >= 0.3 is 12.1 Å². The smallest absolute Gasteiger partial charge is 0.406 e. The van der Waals surface area contributed by atoms with Gasteiger partial charge in [-0.15, -0.1) is 0 Å². The molecule has 2 aliphatic heterocycles. The molecule has 2 aliphatic rings. The Morgan fingerprint density at radius 3 is 2.84 bits per heavy atom. The minimum Gasteiger partial charge on any atom is -0.453 e. The Labute approximate surface area is 225 Å². The highest BCUT2D eigenvalue weighted by Gasteiger charge is 2.31. The van der Waals surface area contributed by atoms with Crippen molar-refractivity contribution in [2.45, 2.75) is 51.2 Å². The molecule has 0 unspecified atom stereocenters. The summed E-state index contributed by atoms with van der Waals surface area (Å²) >= 11 is 6.28. The summed E-state index contributed by atoms with van der Waals surface area (Å²) < 4.78 is 16.5. The first-order chi connectivity index (χ1) is 18.0. The van der Waals surface area contributed by atoms with Crippen LogP contribution >= 0.6 is 11.6 Å². The standard InChI is InChI=1S/C27H43ClN4O5/c1-3-29-24(15-20-7-6-13-36-19-20)17-31-26(33)32-12-5-9-22(18-32)25(21-8-4-10-23(28)16-21)37-14-11-30-27(34)35-2/h4,8,10,16,20,22,24-25,29H,3,5-7,9,11-15,17-19H2,1-2H3,(H,30,34)(H,31,33)/t20-,22-,24+,25+/m1/s1. The Balaban J connectivity index is 1.57. The van der Waals surface area contributed by atoms with Crippen LogP contribution in [0.25, 0.3) is 0 Å². The molecule has 1 aromatic rings. The third-order valence-corrected chi connectivity index (χ3v) is 7.30. The van der Waals surface area contributed by atoms with Crippen LogP contribution in [0.2, 0.25) is 5.02 Å². The molecule has 2 fully saturated rings. The van der Waals surface area contributed by atoms with E-state index in [-0.39, 0.29) is 24.1 Å². The molecule has 3 N–H and O–H groups in total. The summed E-state index contributed by atoms with van der Waals surface area (Å²) in [5.41, 5.74) is 0.972. The van der Waals surface area contributed by atoms with E-state index in [0.29, 0.717) is 37.2 Å². The van der Waals surface area contributed by atoms with E-state index in [4.69, 9.17) is 21.1 Å².